The molecule has 4 rings (SSSR count). The normalized spacial score (nSPS) is 18.9. The van der Waals surface area contributed by atoms with Gasteiger partial charge in [-0.1, -0.05) is 23.8 Å². The van der Waals surface area contributed by atoms with Crippen LogP contribution in [-0.4, -0.2) is 22.0 Å². The van der Waals surface area contributed by atoms with E-state index in [9.17, 15) is 31.1 Å². The van der Waals surface area contributed by atoms with Crippen LogP contribution in [-0.2, 0) is 23.6 Å². The highest BCUT2D eigenvalue weighted by atomic mass is 19.4. The summed E-state index contributed by atoms with van der Waals surface area (Å²) in [5, 5.41) is 0. The summed E-state index contributed by atoms with van der Waals surface area (Å²) in [6.07, 6.45) is -8.57. The maximum absolute atomic E-state index is 13.3. The number of aromatic nitrogens is 1. The summed E-state index contributed by atoms with van der Waals surface area (Å²) < 4.78 is 85.0. The Morgan fingerprint density at radius 2 is 1.62 bits per heavy atom. The van der Waals surface area contributed by atoms with Crippen LogP contribution in [0, 0.1) is 6.92 Å². The van der Waals surface area contributed by atoms with Gasteiger partial charge in [-0.15, -0.1) is 0 Å². The number of nitrogens with one attached hydrogen (secondary N) is 1. The molecule has 0 saturated carbocycles. The maximum atomic E-state index is 13.3. The van der Waals surface area contributed by atoms with Crippen molar-refractivity contribution in [1.82, 2.24) is 9.88 Å². The van der Waals surface area contributed by atoms with Gasteiger partial charge in [0.2, 0.25) is 0 Å². The van der Waals surface area contributed by atoms with Crippen LogP contribution in [0.15, 0.2) is 54.9 Å². The fraction of sp³-hybridized carbons (Fsp3) is 0.292. The van der Waals surface area contributed by atoms with E-state index in [2.05, 4.69) is 4.98 Å². The van der Waals surface area contributed by atoms with Gasteiger partial charge in [0.05, 0.1) is 23.7 Å². The fourth-order valence-corrected chi connectivity index (χ4v) is 4.11. The largest absolute Gasteiger partial charge is 0.439 e. The lowest BCUT2D eigenvalue weighted by atomic mass is 9.96. The summed E-state index contributed by atoms with van der Waals surface area (Å²) in [4.78, 5) is 16.9. The minimum Gasteiger partial charge on any atom is -0.439 e. The zero-order valence-corrected chi connectivity index (χ0v) is 18.1. The standard InChI is InChI=1S/C24H20F6N2O2/c1-13-3-4-20(15-5-6-31-11-15)17(7-13)12-32-14(2)21(34-22(32)33)16-8-18(23(25,26)27)10-19(9-16)24(28,29)30/h3-11,14,21,31H,12H2,1-2H3/t14-,21-/m0/s1. The van der Waals surface area contributed by atoms with Crippen LogP contribution < -0.4 is 0 Å². The van der Waals surface area contributed by atoms with Crippen molar-refractivity contribution in [3.63, 3.8) is 0 Å². The van der Waals surface area contributed by atoms with Crippen LogP contribution in [0.4, 0.5) is 31.1 Å². The lowest BCUT2D eigenvalue weighted by Gasteiger charge is -2.23. The molecule has 4 nitrogen and oxygen atoms in total. The van der Waals surface area contributed by atoms with Gasteiger partial charge in [-0.05, 0) is 60.4 Å². The second kappa shape index (κ2) is 8.41. The number of ether oxygens (including phenoxy) is 1. The molecule has 1 fully saturated rings. The van der Waals surface area contributed by atoms with E-state index >= 15 is 0 Å². The van der Waals surface area contributed by atoms with Gasteiger partial charge in [-0.2, -0.15) is 26.3 Å². The molecule has 1 aliphatic heterocycles. The van der Waals surface area contributed by atoms with Crippen molar-refractivity contribution in [3.05, 3.63) is 82.7 Å². The van der Waals surface area contributed by atoms with E-state index in [0.29, 0.717) is 12.1 Å². The monoisotopic (exact) mass is 482 g/mol. The molecule has 3 aromatic rings. The Bertz CT molecular complexity index is 1170. The molecule has 10 heteroatoms. The summed E-state index contributed by atoms with van der Waals surface area (Å²) in [5.74, 6) is 0. The number of alkyl halides is 6. The molecule has 0 aliphatic carbocycles. The van der Waals surface area contributed by atoms with E-state index in [0.717, 1.165) is 22.3 Å². The second-order valence-electron chi connectivity index (χ2n) is 8.27. The molecule has 34 heavy (non-hydrogen) atoms. The highest BCUT2D eigenvalue weighted by Crippen LogP contribution is 2.41. The SMILES string of the molecule is Cc1ccc(-c2cc[nH]c2)c(CN2C(=O)O[C@H](c3cc(C(F)(F)F)cc(C(F)(F)F)c3)[C@@H]2C)c1. The Labute approximate surface area is 191 Å². The summed E-state index contributed by atoms with van der Waals surface area (Å²) in [6, 6.07) is 7.97. The highest BCUT2D eigenvalue weighted by Gasteiger charge is 2.43. The smallest absolute Gasteiger partial charge is 0.416 e. The fourth-order valence-electron chi connectivity index (χ4n) is 4.11. The van der Waals surface area contributed by atoms with Gasteiger partial charge in [0.15, 0.2) is 0 Å². The molecule has 2 heterocycles. The van der Waals surface area contributed by atoms with Crippen LogP contribution in [0.3, 0.4) is 0 Å². The summed E-state index contributed by atoms with van der Waals surface area (Å²) in [7, 11) is 0. The lowest BCUT2D eigenvalue weighted by molar-refractivity contribution is -0.143. The van der Waals surface area contributed by atoms with Crippen molar-refractivity contribution in [2.75, 3.05) is 0 Å². The van der Waals surface area contributed by atoms with E-state index in [1.54, 1.807) is 12.4 Å². The minimum absolute atomic E-state index is 0.0542. The molecule has 2 atom stereocenters. The number of benzene rings is 2. The number of rotatable bonds is 4. The van der Waals surface area contributed by atoms with Crippen LogP contribution in [0.5, 0.6) is 0 Å². The number of cyclic esters (lactones) is 1. The summed E-state index contributed by atoms with van der Waals surface area (Å²) in [6.45, 7) is 3.48. The van der Waals surface area contributed by atoms with Crippen LogP contribution in [0.25, 0.3) is 11.1 Å². The lowest BCUT2D eigenvalue weighted by Crippen LogP contribution is -2.31. The number of carbonyl (C=O) groups excluding carboxylic acids is 1. The average Bonchev–Trinajstić information content (AvgIpc) is 3.37. The molecular weight excluding hydrogens is 462 g/mol. The minimum atomic E-state index is -4.99. The van der Waals surface area contributed by atoms with E-state index in [1.807, 2.05) is 31.2 Å². The first-order valence-electron chi connectivity index (χ1n) is 10.3. The first-order valence-corrected chi connectivity index (χ1v) is 10.3. The number of hydrogen-bond acceptors (Lipinski definition) is 2. The molecule has 1 amide bonds. The molecule has 180 valence electrons. The number of hydrogen-bond donors (Lipinski definition) is 1. The van der Waals surface area contributed by atoms with Crippen molar-refractivity contribution in [2.24, 2.45) is 0 Å². The van der Waals surface area contributed by atoms with Gasteiger partial charge < -0.3 is 9.72 Å². The van der Waals surface area contributed by atoms with Gasteiger partial charge in [-0.3, -0.25) is 4.90 Å². The van der Waals surface area contributed by atoms with Crippen molar-refractivity contribution in [3.8, 4) is 11.1 Å². The van der Waals surface area contributed by atoms with Crippen LogP contribution in [0.2, 0.25) is 0 Å². The highest BCUT2D eigenvalue weighted by molar-refractivity contribution is 5.73. The number of amides is 1. The van der Waals surface area contributed by atoms with E-state index in [-0.39, 0.29) is 18.2 Å². The van der Waals surface area contributed by atoms with Gasteiger partial charge in [0.1, 0.15) is 6.10 Å². The first-order chi connectivity index (χ1) is 15.8. The quantitative estimate of drug-likeness (QED) is 0.403. The molecule has 1 aromatic heterocycles. The third kappa shape index (κ3) is 4.62. The number of aryl methyl sites for hydroxylation is 1. The molecule has 2 aromatic carbocycles. The van der Waals surface area contributed by atoms with Gasteiger partial charge in [0.25, 0.3) is 0 Å². The van der Waals surface area contributed by atoms with Crippen LogP contribution >= 0.6 is 0 Å². The van der Waals surface area contributed by atoms with Crippen molar-refractivity contribution in [2.45, 2.75) is 44.9 Å². The molecule has 1 aliphatic rings. The number of carbonyl (C=O) groups is 1. The topological polar surface area (TPSA) is 45.3 Å². The first kappa shape index (κ1) is 23.7. The van der Waals surface area contributed by atoms with Gasteiger partial charge in [0, 0.05) is 12.4 Å². The van der Waals surface area contributed by atoms with Crippen molar-refractivity contribution >= 4 is 6.09 Å². The molecule has 0 bridgehead atoms. The molecular formula is C24H20F6N2O2. The zero-order chi connectivity index (χ0) is 24.8. The van der Waals surface area contributed by atoms with E-state index in [1.165, 1.54) is 11.8 Å². The van der Waals surface area contributed by atoms with Gasteiger partial charge in [-0.25, -0.2) is 4.79 Å². The third-order valence-electron chi connectivity index (χ3n) is 5.84. The third-order valence-corrected chi connectivity index (χ3v) is 5.84. The zero-order valence-electron chi connectivity index (χ0n) is 18.1. The summed E-state index contributed by atoms with van der Waals surface area (Å²) >= 11 is 0. The van der Waals surface area contributed by atoms with E-state index < -0.39 is 41.7 Å². The molecule has 1 saturated heterocycles. The number of H-pyrrole nitrogens is 1. The molecule has 1 N–H and O–H groups in total. The molecule has 0 unspecified atom stereocenters. The Kier molecular flexibility index (Phi) is 5.87. The number of aromatic amines is 1. The number of nitrogens with zero attached hydrogens (tertiary/aromatic N) is 1. The maximum Gasteiger partial charge on any atom is 0.416 e. The number of halogens is 6. The Morgan fingerprint density at radius 3 is 2.18 bits per heavy atom. The van der Waals surface area contributed by atoms with Crippen molar-refractivity contribution < 1.29 is 35.9 Å². The van der Waals surface area contributed by atoms with Crippen molar-refractivity contribution in [1.29, 1.82) is 0 Å². The van der Waals surface area contributed by atoms with Crippen LogP contribution in [0.1, 0.15) is 40.8 Å². The summed E-state index contributed by atoms with van der Waals surface area (Å²) in [5.41, 5.74) is 0.150. The molecule has 0 spiro atoms. The predicted octanol–water partition coefficient (Wildman–Crippen LogP) is 7.11. The van der Waals surface area contributed by atoms with E-state index in [4.69, 9.17) is 4.74 Å². The van der Waals surface area contributed by atoms with Gasteiger partial charge >= 0.3 is 18.4 Å². The Hall–Kier alpha value is -3.43. The second-order valence-corrected chi connectivity index (χ2v) is 8.27. The Morgan fingerprint density at radius 1 is 0.971 bits per heavy atom. The predicted molar refractivity (Wildman–Crippen MR) is 112 cm³/mol. The molecule has 0 radical (unpaired) electrons. The Balaban J connectivity index is 1.69. The average molecular weight is 482 g/mol.